The number of nitrogens with zero attached hydrogens (tertiary/aromatic N) is 3. The Labute approximate surface area is 142 Å². The molecule has 0 unspecified atom stereocenters. The second-order valence-electron chi connectivity index (χ2n) is 5.74. The Balaban J connectivity index is 1.61. The van der Waals surface area contributed by atoms with Gasteiger partial charge in [0.05, 0.1) is 12.1 Å². The van der Waals surface area contributed by atoms with Crippen LogP contribution >= 0.6 is 0 Å². The zero-order valence-corrected chi connectivity index (χ0v) is 13.5. The van der Waals surface area contributed by atoms with Crippen molar-refractivity contribution in [2.24, 2.45) is 0 Å². The van der Waals surface area contributed by atoms with Crippen LogP contribution in [0.4, 0.5) is 13.2 Å². The molecule has 0 amide bonds. The molecule has 4 nitrogen and oxygen atoms in total. The van der Waals surface area contributed by atoms with E-state index in [0.717, 1.165) is 23.3 Å². The molecular formula is C18H16F3N3O. The van der Waals surface area contributed by atoms with Gasteiger partial charge in [-0.15, -0.1) is 0 Å². The van der Waals surface area contributed by atoms with Crippen molar-refractivity contribution in [2.45, 2.75) is 19.3 Å². The van der Waals surface area contributed by atoms with E-state index in [2.05, 4.69) is 10.1 Å². The maximum absolute atomic E-state index is 12.6. The summed E-state index contributed by atoms with van der Waals surface area (Å²) in [5.74, 6) is 0.965. The quantitative estimate of drug-likeness (QED) is 0.687. The molecule has 25 heavy (non-hydrogen) atoms. The molecule has 3 rings (SSSR count). The summed E-state index contributed by atoms with van der Waals surface area (Å²) >= 11 is 0. The number of alkyl halides is 3. The van der Waals surface area contributed by atoms with E-state index >= 15 is 0 Å². The van der Waals surface area contributed by atoms with Crippen molar-refractivity contribution in [1.29, 1.82) is 0 Å². The molecule has 0 bridgehead atoms. The number of rotatable bonds is 5. The first-order valence-electron chi connectivity index (χ1n) is 7.64. The van der Waals surface area contributed by atoms with Crippen LogP contribution < -0.4 is 0 Å². The minimum absolute atomic E-state index is 0.404. The maximum atomic E-state index is 12.6. The summed E-state index contributed by atoms with van der Waals surface area (Å²) in [5, 5.41) is 3.95. The van der Waals surface area contributed by atoms with Gasteiger partial charge in [-0.1, -0.05) is 47.6 Å². The number of aromatic nitrogens is 2. The summed E-state index contributed by atoms with van der Waals surface area (Å²) in [7, 11) is 1.84. The van der Waals surface area contributed by atoms with E-state index in [9.17, 15) is 13.2 Å². The van der Waals surface area contributed by atoms with Gasteiger partial charge in [-0.25, -0.2) is 0 Å². The SMILES string of the molecule is CN(Cc1ccc(C(F)(F)F)cc1)Cc1nc(-c2ccccc2)no1. The predicted octanol–water partition coefficient (Wildman–Crippen LogP) is 4.39. The minimum atomic E-state index is -4.32. The Morgan fingerprint density at radius 1 is 0.960 bits per heavy atom. The van der Waals surface area contributed by atoms with Crippen molar-refractivity contribution in [2.75, 3.05) is 7.05 Å². The first-order chi connectivity index (χ1) is 11.9. The smallest absolute Gasteiger partial charge is 0.338 e. The zero-order valence-electron chi connectivity index (χ0n) is 13.5. The lowest BCUT2D eigenvalue weighted by Gasteiger charge is -2.14. The van der Waals surface area contributed by atoms with Gasteiger partial charge < -0.3 is 4.52 Å². The Morgan fingerprint density at radius 2 is 1.64 bits per heavy atom. The van der Waals surface area contributed by atoms with E-state index in [1.807, 2.05) is 42.3 Å². The molecule has 0 atom stereocenters. The fraction of sp³-hybridized carbons (Fsp3) is 0.222. The fourth-order valence-electron chi connectivity index (χ4n) is 2.42. The molecule has 1 heterocycles. The van der Waals surface area contributed by atoms with Crippen LogP contribution in [0.3, 0.4) is 0 Å². The molecule has 0 saturated carbocycles. The van der Waals surface area contributed by atoms with E-state index in [-0.39, 0.29) is 0 Å². The van der Waals surface area contributed by atoms with Crippen molar-refractivity contribution in [3.63, 3.8) is 0 Å². The van der Waals surface area contributed by atoms with Crippen LogP contribution in [0.2, 0.25) is 0 Å². The van der Waals surface area contributed by atoms with E-state index < -0.39 is 11.7 Å². The van der Waals surface area contributed by atoms with Gasteiger partial charge in [0, 0.05) is 12.1 Å². The van der Waals surface area contributed by atoms with E-state index in [1.165, 1.54) is 12.1 Å². The van der Waals surface area contributed by atoms with Gasteiger partial charge in [0.15, 0.2) is 0 Å². The van der Waals surface area contributed by atoms with Gasteiger partial charge in [-0.3, -0.25) is 4.90 Å². The number of halogens is 3. The molecular weight excluding hydrogens is 331 g/mol. The van der Waals surface area contributed by atoms with E-state index in [1.54, 1.807) is 0 Å². The Hall–Kier alpha value is -2.67. The molecule has 3 aromatic rings. The highest BCUT2D eigenvalue weighted by molar-refractivity contribution is 5.53. The van der Waals surface area contributed by atoms with E-state index in [4.69, 9.17) is 4.52 Å². The maximum Gasteiger partial charge on any atom is 0.416 e. The summed E-state index contributed by atoms with van der Waals surface area (Å²) in [5.41, 5.74) is 0.990. The van der Waals surface area contributed by atoms with Crippen molar-refractivity contribution >= 4 is 0 Å². The van der Waals surface area contributed by atoms with E-state index in [0.29, 0.717) is 24.8 Å². The third kappa shape index (κ3) is 4.45. The standard InChI is InChI=1S/C18H16F3N3O/c1-24(11-13-7-9-15(10-8-13)18(19,20)21)12-16-22-17(23-25-16)14-5-3-2-4-6-14/h2-10H,11-12H2,1H3. The highest BCUT2D eigenvalue weighted by Crippen LogP contribution is 2.29. The third-order valence-corrected chi connectivity index (χ3v) is 3.64. The molecule has 2 aromatic carbocycles. The highest BCUT2D eigenvalue weighted by Gasteiger charge is 2.29. The van der Waals surface area contributed by atoms with Gasteiger partial charge in [0.1, 0.15) is 0 Å². The number of benzene rings is 2. The Morgan fingerprint density at radius 3 is 2.28 bits per heavy atom. The Kier molecular flexibility index (Phi) is 4.85. The lowest BCUT2D eigenvalue weighted by molar-refractivity contribution is -0.137. The molecule has 0 fully saturated rings. The molecule has 0 radical (unpaired) electrons. The van der Waals surface area contributed by atoms with Crippen LogP contribution in [0.25, 0.3) is 11.4 Å². The third-order valence-electron chi connectivity index (χ3n) is 3.64. The van der Waals surface area contributed by atoms with Gasteiger partial charge in [0.2, 0.25) is 11.7 Å². The van der Waals surface area contributed by atoms with Crippen LogP contribution in [0.1, 0.15) is 17.0 Å². The molecule has 130 valence electrons. The molecule has 0 N–H and O–H groups in total. The van der Waals surface area contributed by atoms with Gasteiger partial charge >= 0.3 is 6.18 Å². The van der Waals surface area contributed by atoms with Crippen molar-refractivity contribution < 1.29 is 17.7 Å². The number of hydrogen-bond donors (Lipinski definition) is 0. The van der Waals surface area contributed by atoms with Crippen LogP contribution in [-0.4, -0.2) is 22.1 Å². The first kappa shape index (κ1) is 17.2. The zero-order chi connectivity index (χ0) is 17.9. The molecule has 0 aliphatic rings. The normalized spacial score (nSPS) is 11.9. The molecule has 1 aromatic heterocycles. The Bertz CT molecular complexity index is 814. The summed E-state index contributed by atoms with van der Waals surface area (Å²) in [6.45, 7) is 0.877. The number of hydrogen-bond acceptors (Lipinski definition) is 4. The summed E-state index contributed by atoms with van der Waals surface area (Å²) < 4.78 is 43.0. The molecule has 7 heteroatoms. The van der Waals surface area contributed by atoms with Gasteiger partial charge in [-0.05, 0) is 24.7 Å². The average Bonchev–Trinajstić information content (AvgIpc) is 3.03. The minimum Gasteiger partial charge on any atom is -0.338 e. The van der Waals surface area contributed by atoms with Crippen molar-refractivity contribution in [3.8, 4) is 11.4 Å². The second-order valence-corrected chi connectivity index (χ2v) is 5.74. The van der Waals surface area contributed by atoms with Crippen LogP contribution in [-0.2, 0) is 19.3 Å². The summed E-state index contributed by atoms with van der Waals surface area (Å²) in [6.07, 6.45) is -4.32. The molecule has 0 saturated heterocycles. The van der Waals surface area contributed by atoms with Gasteiger partial charge in [0.25, 0.3) is 0 Å². The topological polar surface area (TPSA) is 42.2 Å². The second kappa shape index (κ2) is 7.06. The van der Waals surface area contributed by atoms with Crippen molar-refractivity contribution in [3.05, 3.63) is 71.6 Å². The summed E-state index contributed by atoms with van der Waals surface area (Å²) in [6, 6.07) is 14.6. The van der Waals surface area contributed by atoms with Crippen LogP contribution in [0, 0.1) is 0 Å². The largest absolute Gasteiger partial charge is 0.416 e. The predicted molar refractivity (Wildman–Crippen MR) is 86.3 cm³/mol. The lowest BCUT2D eigenvalue weighted by Crippen LogP contribution is -2.17. The molecule has 0 spiro atoms. The fourth-order valence-corrected chi connectivity index (χ4v) is 2.42. The highest BCUT2D eigenvalue weighted by atomic mass is 19.4. The first-order valence-corrected chi connectivity index (χ1v) is 7.64. The van der Waals surface area contributed by atoms with Crippen molar-refractivity contribution in [1.82, 2.24) is 15.0 Å². The average molecular weight is 347 g/mol. The molecule has 0 aliphatic heterocycles. The van der Waals surface area contributed by atoms with Crippen LogP contribution in [0.15, 0.2) is 59.1 Å². The van der Waals surface area contributed by atoms with Crippen LogP contribution in [0.5, 0.6) is 0 Å². The van der Waals surface area contributed by atoms with Gasteiger partial charge in [-0.2, -0.15) is 18.2 Å². The summed E-state index contributed by atoms with van der Waals surface area (Å²) in [4.78, 5) is 6.23. The monoisotopic (exact) mass is 347 g/mol. The lowest BCUT2D eigenvalue weighted by atomic mass is 10.1. The molecule has 0 aliphatic carbocycles.